The molecule has 0 aliphatic carbocycles. The van der Waals surface area contributed by atoms with Crippen molar-refractivity contribution in [2.24, 2.45) is 0 Å². The van der Waals surface area contributed by atoms with Crippen molar-refractivity contribution in [2.75, 3.05) is 13.4 Å². The molecule has 1 aromatic rings. The predicted octanol–water partition coefficient (Wildman–Crippen LogP) is 0.990. The third-order valence-electron chi connectivity index (χ3n) is 1.38. The zero-order valence-electron chi connectivity index (χ0n) is 6.98. The SMILES string of the molecule is COC(=O)c1cncn1CSC. The fraction of sp³-hybridized carbons (Fsp3) is 0.429. The standard InChI is InChI=1S/C7H10N2O2S/c1-11-7(10)6-3-8-4-9(6)5-12-2/h3-4H,5H2,1-2H3. The third kappa shape index (κ3) is 1.79. The first-order valence-corrected chi connectivity index (χ1v) is 4.76. The molecule has 0 fully saturated rings. The maximum absolute atomic E-state index is 11.1. The Morgan fingerprint density at radius 3 is 3.17 bits per heavy atom. The molecule has 0 N–H and O–H groups in total. The number of carbonyl (C=O) groups excluding carboxylic acids is 1. The average molecular weight is 186 g/mol. The second kappa shape index (κ2) is 4.15. The van der Waals surface area contributed by atoms with Crippen LogP contribution in [-0.4, -0.2) is 28.9 Å². The highest BCUT2D eigenvalue weighted by Gasteiger charge is 2.10. The lowest BCUT2D eigenvalue weighted by molar-refractivity contribution is 0.0589. The van der Waals surface area contributed by atoms with E-state index in [-0.39, 0.29) is 5.97 Å². The van der Waals surface area contributed by atoms with Gasteiger partial charge < -0.3 is 9.30 Å². The van der Waals surface area contributed by atoms with Gasteiger partial charge in [0.2, 0.25) is 0 Å². The molecule has 0 spiro atoms. The van der Waals surface area contributed by atoms with Gasteiger partial charge in [-0.15, -0.1) is 11.8 Å². The largest absolute Gasteiger partial charge is 0.464 e. The van der Waals surface area contributed by atoms with Gasteiger partial charge >= 0.3 is 5.97 Å². The molecular formula is C7H10N2O2S. The van der Waals surface area contributed by atoms with Gasteiger partial charge in [-0.05, 0) is 6.26 Å². The number of hydrogen-bond donors (Lipinski definition) is 0. The van der Waals surface area contributed by atoms with Crippen molar-refractivity contribution in [3.8, 4) is 0 Å². The van der Waals surface area contributed by atoms with Crippen LogP contribution in [-0.2, 0) is 10.6 Å². The van der Waals surface area contributed by atoms with E-state index in [1.807, 2.05) is 6.26 Å². The highest BCUT2D eigenvalue weighted by Crippen LogP contribution is 2.05. The van der Waals surface area contributed by atoms with Crippen molar-refractivity contribution in [1.82, 2.24) is 9.55 Å². The molecule has 0 aromatic carbocycles. The summed E-state index contributed by atoms with van der Waals surface area (Å²) in [6.45, 7) is 0. The van der Waals surface area contributed by atoms with Crippen molar-refractivity contribution in [1.29, 1.82) is 0 Å². The second-order valence-corrected chi connectivity index (χ2v) is 2.99. The lowest BCUT2D eigenvalue weighted by Gasteiger charge is -2.02. The molecule has 1 rings (SSSR count). The monoisotopic (exact) mass is 186 g/mol. The molecule has 0 bridgehead atoms. The molecule has 0 aliphatic heterocycles. The van der Waals surface area contributed by atoms with Gasteiger partial charge in [0, 0.05) is 0 Å². The van der Waals surface area contributed by atoms with E-state index in [0.29, 0.717) is 11.6 Å². The predicted molar refractivity (Wildman–Crippen MR) is 47.1 cm³/mol. The lowest BCUT2D eigenvalue weighted by Crippen LogP contribution is -2.08. The Kier molecular flexibility index (Phi) is 3.16. The van der Waals surface area contributed by atoms with Gasteiger partial charge in [0.15, 0.2) is 0 Å². The van der Waals surface area contributed by atoms with Gasteiger partial charge in [-0.2, -0.15) is 0 Å². The Hall–Kier alpha value is -0.970. The molecule has 1 heterocycles. The summed E-state index contributed by atoms with van der Waals surface area (Å²) in [6.07, 6.45) is 5.08. The van der Waals surface area contributed by atoms with Crippen molar-refractivity contribution >= 4 is 17.7 Å². The van der Waals surface area contributed by atoms with Gasteiger partial charge in [-0.25, -0.2) is 9.78 Å². The number of aromatic nitrogens is 2. The molecule has 0 atom stereocenters. The van der Waals surface area contributed by atoms with Crippen LogP contribution < -0.4 is 0 Å². The highest BCUT2D eigenvalue weighted by molar-refractivity contribution is 7.97. The fourth-order valence-corrected chi connectivity index (χ4v) is 1.32. The van der Waals surface area contributed by atoms with E-state index in [1.54, 1.807) is 22.7 Å². The zero-order chi connectivity index (χ0) is 8.97. The van der Waals surface area contributed by atoms with E-state index in [2.05, 4.69) is 9.72 Å². The van der Waals surface area contributed by atoms with Crippen molar-refractivity contribution < 1.29 is 9.53 Å². The molecule has 0 amide bonds. The van der Waals surface area contributed by atoms with E-state index in [9.17, 15) is 4.79 Å². The van der Waals surface area contributed by atoms with E-state index in [0.717, 1.165) is 0 Å². The van der Waals surface area contributed by atoms with Crippen LogP contribution in [0.5, 0.6) is 0 Å². The zero-order valence-corrected chi connectivity index (χ0v) is 7.80. The molecule has 0 saturated heterocycles. The maximum atomic E-state index is 11.1. The molecule has 0 aliphatic rings. The molecule has 4 nitrogen and oxygen atoms in total. The highest BCUT2D eigenvalue weighted by atomic mass is 32.2. The number of thioether (sulfide) groups is 1. The Bertz CT molecular complexity index is 272. The Labute approximate surface area is 74.9 Å². The van der Waals surface area contributed by atoms with Crippen LogP contribution in [0.1, 0.15) is 10.5 Å². The number of hydrogen-bond acceptors (Lipinski definition) is 4. The topological polar surface area (TPSA) is 44.1 Å². The first-order valence-electron chi connectivity index (χ1n) is 3.37. The van der Waals surface area contributed by atoms with Crippen LogP contribution in [0.4, 0.5) is 0 Å². The number of nitrogens with zero attached hydrogens (tertiary/aromatic N) is 2. The van der Waals surface area contributed by atoms with Gasteiger partial charge in [0.25, 0.3) is 0 Å². The summed E-state index contributed by atoms with van der Waals surface area (Å²) in [6, 6.07) is 0. The Balaban J connectivity index is 2.83. The number of esters is 1. The first kappa shape index (κ1) is 9.12. The molecule has 0 unspecified atom stereocenters. The number of carbonyl (C=O) groups is 1. The summed E-state index contributed by atoms with van der Waals surface area (Å²) in [5, 5.41) is 0. The minimum absolute atomic E-state index is 0.346. The molecule has 0 saturated carbocycles. The number of imidazole rings is 1. The average Bonchev–Trinajstić information content (AvgIpc) is 2.52. The summed E-state index contributed by atoms with van der Waals surface area (Å²) in [5.74, 6) is 0.367. The van der Waals surface area contributed by atoms with Gasteiger partial charge in [0.05, 0.1) is 25.5 Å². The molecule has 66 valence electrons. The van der Waals surface area contributed by atoms with E-state index in [4.69, 9.17) is 0 Å². The summed E-state index contributed by atoms with van der Waals surface area (Å²) < 4.78 is 6.32. The minimum Gasteiger partial charge on any atom is -0.464 e. The van der Waals surface area contributed by atoms with E-state index < -0.39 is 0 Å². The normalized spacial score (nSPS) is 9.83. The number of ether oxygens (including phenoxy) is 1. The lowest BCUT2D eigenvalue weighted by atomic mass is 10.5. The molecule has 5 heteroatoms. The van der Waals surface area contributed by atoms with E-state index >= 15 is 0 Å². The van der Waals surface area contributed by atoms with Crippen LogP contribution in [0.15, 0.2) is 12.5 Å². The summed E-state index contributed by atoms with van der Waals surface area (Å²) in [7, 11) is 1.36. The van der Waals surface area contributed by atoms with Crippen molar-refractivity contribution in [2.45, 2.75) is 5.88 Å². The van der Waals surface area contributed by atoms with Crippen LogP contribution in [0.3, 0.4) is 0 Å². The quantitative estimate of drug-likeness (QED) is 0.660. The smallest absolute Gasteiger partial charge is 0.356 e. The second-order valence-electron chi connectivity index (χ2n) is 2.16. The summed E-state index contributed by atoms with van der Waals surface area (Å²) >= 11 is 1.62. The van der Waals surface area contributed by atoms with Crippen molar-refractivity contribution in [3.05, 3.63) is 18.2 Å². The van der Waals surface area contributed by atoms with Crippen LogP contribution in [0.25, 0.3) is 0 Å². The Morgan fingerprint density at radius 1 is 1.83 bits per heavy atom. The summed E-state index contributed by atoms with van der Waals surface area (Å²) in [5.41, 5.74) is 0.492. The van der Waals surface area contributed by atoms with Gasteiger partial charge in [-0.1, -0.05) is 0 Å². The first-order chi connectivity index (χ1) is 5.79. The minimum atomic E-state index is -0.346. The third-order valence-corrected chi connectivity index (χ3v) is 1.91. The van der Waals surface area contributed by atoms with Gasteiger partial charge in [0.1, 0.15) is 5.69 Å². The van der Waals surface area contributed by atoms with Crippen molar-refractivity contribution in [3.63, 3.8) is 0 Å². The summed E-state index contributed by atoms with van der Waals surface area (Å²) in [4.78, 5) is 14.9. The van der Waals surface area contributed by atoms with Crippen LogP contribution >= 0.6 is 11.8 Å². The number of rotatable bonds is 3. The van der Waals surface area contributed by atoms with Crippen LogP contribution in [0.2, 0.25) is 0 Å². The Morgan fingerprint density at radius 2 is 2.58 bits per heavy atom. The molecule has 1 aromatic heterocycles. The fourth-order valence-electron chi connectivity index (χ4n) is 0.837. The molecular weight excluding hydrogens is 176 g/mol. The molecule has 0 radical (unpaired) electrons. The number of methoxy groups -OCH3 is 1. The van der Waals surface area contributed by atoms with E-state index in [1.165, 1.54) is 13.3 Å². The van der Waals surface area contributed by atoms with Crippen LogP contribution in [0, 0.1) is 0 Å². The molecule has 12 heavy (non-hydrogen) atoms. The maximum Gasteiger partial charge on any atom is 0.356 e. The van der Waals surface area contributed by atoms with Gasteiger partial charge in [-0.3, -0.25) is 0 Å².